The minimum absolute atomic E-state index is 0.0522. The number of fused-ring (bicyclic) bond motifs is 3. The Bertz CT molecular complexity index is 1980. The van der Waals surface area contributed by atoms with Crippen LogP contribution >= 0.6 is 15.9 Å². The number of nitrogens with one attached hydrogen (secondary N) is 1. The van der Waals surface area contributed by atoms with Crippen LogP contribution in [0.1, 0.15) is 76.3 Å². The average molecular weight is 674 g/mol. The highest BCUT2D eigenvalue weighted by molar-refractivity contribution is 9.10. The lowest BCUT2D eigenvalue weighted by Gasteiger charge is -2.21. The van der Waals surface area contributed by atoms with Crippen molar-refractivity contribution in [2.75, 3.05) is 5.32 Å². The van der Waals surface area contributed by atoms with Gasteiger partial charge in [0, 0.05) is 24.1 Å². The van der Waals surface area contributed by atoms with Gasteiger partial charge in [-0.25, -0.2) is 18.7 Å². The molecule has 228 valence electrons. The van der Waals surface area contributed by atoms with Gasteiger partial charge in [0.25, 0.3) is 11.8 Å². The van der Waals surface area contributed by atoms with Gasteiger partial charge in [0.05, 0.1) is 40.0 Å². The molecule has 1 aliphatic heterocycles. The summed E-state index contributed by atoms with van der Waals surface area (Å²) < 4.78 is 34.0. The lowest BCUT2D eigenvalue weighted by atomic mass is 10.1. The van der Waals surface area contributed by atoms with E-state index in [2.05, 4.69) is 41.4 Å². The Morgan fingerprint density at radius 2 is 1.84 bits per heavy atom. The number of hydrogen-bond donors (Lipinski definition) is 1. The predicted molar refractivity (Wildman–Crippen MR) is 165 cm³/mol. The summed E-state index contributed by atoms with van der Waals surface area (Å²) in [6, 6.07) is 12.2. The van der Waals surface area contributed by atoms with Crippen molar-refractivity contribution in [3.8, 4) is 17.2 Å². The number of benzene rings is 2. The summed E-state index contributed by atoms with van der Waals surface area (Å²) in [5, 5.41) is 10.9. The van der Waals surface area contributed by atoms with Crippen molar-refractivity contribution in [1.29, 1.82) is 0 Å². The highest BCUT2D eigenvalue weighted by Crippen LogP contribution is 2.42. The number of nitrogens with zero attached hydrogens (tertiary/aromatic N) is 7. The fourth-order valence-electron chi connectivity index (χ4n) is 5.59. The van der Waals surface area contributed by atoms with Crippen LogP contribution < -0.4 is 5.32 Å². The summed E-state index contributed by atoms with van der Waals surface area (Å²) in [4.78, 5) is 37.8. The SMILES string of the molecule is CC(C)n1cnnc1-c1cccc(NC(=O)c2cc3c(cc2F)CN(C(=O)c2ccc(Br)c(F)c2)Cc2c(C4CC4)ncn2-3)n1. The van der Waals surface area contributed by atoms with Crippen molar-refractivity contribution in [1.82, 2.24) is 34.2 Å². The Morgan fingerprint density at radius 1 is 1.02 bits per heavy atom. The maximum Gasteiger partial charge on any atom is 0.259 e. The van der Waals surface area contributed by atoms with E-state index in [4.69, 9.17) is 0 Å². The second-order valence-electron chi connectivity index (χ2n) is 11.5. The molecule has 2 aromatic carbocycles. The summed E-state index contributed by atoms with van der Waals surface area (Å²) in [5.74, 6) is -1.35. The Kier molecular flexibility index (Phi) is 7.27. The number of aromatic nitrogens is 6. The van der Waals surface area contributed by atoms with Crippen LogP contribution in [-0.4, -0.2) is 46.0 Å². The smallest absolute Gasteiger partial charge is 0.259 e. The first-order valence-corrected chi connectivity index (χ1v) is 15.3. The monoisotopic (exact) mass is 672 g/mol. The quantitative estimate of drug-likeness (QED) is 0.223. The standard InChI is InChI=1S/C32H27BrF2N8O2/c1-17(2)42-16-37-40-30(42)25-4-3-5-28(38-25)39-31(44)21-12-26-20(11-23(21)34)13-41(32(45)19-8-9-22(33)24(35)10-19)14-27-29(18-6-7-18)36-15-43(26)27/h3-5,8-12,15-18H,6-7,13-14H2,1-2H3,(H,38,39,44). The predicted octanol–water partition coefficient (Wildman–Crippen LogP) is 6.43. The molecule has 0 spiro atoms. The number of imidazole rings is 1. The Hall–Kier alpha value is -4.78. The van der Waals surface area contributed by atoms with Crippen molar-refractivity contribution in [3.63, 3.8) is 0 Å². The van der Waals surface area contributed by atoms with Crippen LogP contribution in [0.2, 0.25) is 0 Å². The summed E-state index contributed by atoms with van der Waals surface area (Å²) in [6.45, 7) is 4.23. The number of pyridine rings is 1. The third-order valence-electron chi connectivity index (χ3n) is 8.04. The molecule has 13 heteroatoms. The van der Waals surface area contributed by atoms with Gasteiger partial charge in [-0.3, -0.25) is 9.59 Å². The Morgan fingerprint density at radius 3 is 2.60 bits per heavy atom. The molecule has 1 N–H and O–H groups in total. The molecule has 0 unspecified atom stereocenters. The maximum atomic E-state index is 15.7. The molecule has 45 heavy (non-hydrogen) atoms. The first kappa shape index (κ1) is 29.0. The molecule has 0 radical (unpaired) electrons. The van der Waals surface area contributed by atoms with E-state index in [0.717, 1.165) is 24.2 Å². The van der Waals surface area contributed by atoms with Gasteiger partial charge in [-0.1, -0.05) is 6.07 Å². The number of halogens is 3. The molecule has 4 heterocycles. The molecule has 1 fully saturated rings. The third kappa shape index (κ3) is 5.41. The van der Waals surface area contributed by atoms with E-state index in [1.807, 2.05) is 23.0 Å². The van der Waals surface area contributed by atoms with E-state index in [9.17, 15) is 14.0 Å². The molecule has 0 saturated heterocycles. The molecule has 1 aliphatic carbocycles. The number of carbonyl (C=O) groups is 2. The second kappa shape index (κ2) is 11.3. The van der Waals surface area contributed by atoms with E-state index >= 15 is 4.39 Å². The summed E-state index contributed by atoms with van der Waals surface area (Å²) in [7, 11) is 0. The lowest BCUT2D eigenvalue weighted by molar-refractivity contribution is 0.0729. The van der Waals surface area contributed by atoms with Crippen molar-refractivity contribution < 1.29 is 18.4 Å². The summed E-state index contributed by atoms with van der Waals surface area (Å²) >= 11 is 3.13. The topological polar surface area (TPSA) is 111 Å². The van der Waals surface area contributed by atoms with Crippen LogP contribution in [-0.2, 0) is 13.1 Å². The van der Waals surface area contributed by atoms with Gasteiger partial charge in [-0.15, -0.1) is 10.2 Å². The van der Waals surface area contributed by atoms with Gasteiger partial charge >= 0.3 is 0 Å². The molecule has 2 aliphatic rings. The van der Waals surface area contributed by atoms with Gasteiger partial charge in [0.15, 0.2) is 5.82 Å². The number of amides is 2. The van der Waals surface area contributed by atoms with Gasteiger partial charge in [-0.05, 0) is 90.6 Å². The van der Waals surface area contributed by atoms with Gasteiger partial charge in [0.2, 0.25) is 0 Å². The number of carbonyl (C=O) groups excluding carboxylic acids is 2. The number of anilines is 1. The molecule has 5 aromatic rings. The van der Waals surface area contributed by atoms with Crippen LogP contribution in [0.15, 0.2) is 65.7 Å². The molecule has 10 nitrogen and oxygen atoms in total. The molecular formula is C32H27BrF2N8O2. The summed E-state index contributed by atoms with van der Waals surface area (Å²) in [5.41, 5.74) is 3.18. The van der Waals surface area contributed by atoms with Gasteiger partial charge in [0.1, 0.15) is 29.5 Å². The molecule has 0 atom stereocenters. The van der Waals surface area contributed by atoms with Crippen LogP contribution in [0, 0.1) is 11.6 Å². The Balaban J connectivity index is 1.23. The number of hydrogen-bond acceptors (Lipinski definition) is 6. The van der Waals surface area contributed by atoms with Crippen molar-refractivity contribution in [2.45, 2.75) is 51.7 Å². The molecule has 2 amide bonds. The zero-order chi connectivity index (χ0) is 31.4. The summed E-state index contributed by atoms with van der Waals surface area (Å²) in [6.07, 6.45) is 5.24. The van der Waals surface area contributed by atoms with E-state index in [1.54, 1.807) is 41.8 Å². The zero-order valence-electron chi connectivity index (χ0n) is 24.3. The highest BCUT2D eigenvalue weighted by Gasteiger charge is 2.34. The second-order valence-corrected chi connectivity index (χ2v) is 12.3. The molecule has 7 rings (SSSR count). The lowest BCUT2D eigenvalue weighted by Crippen LogP contribution is -2.30. The molecule has 0 bridgehead atoms. The molecule has 1 saturated carbocycles. The minimum Gasteiger partial charge on any atom is -0.328 e. The third-order valence-corrected chi connectivity index (χ3v) is 8.68. The fourth-order valence-corrected chi connectivity index (χ4v) is 5.84. The first-order chi connectivity index (χ1) is 21.7. The fraction of sp³-hybridized carbons (Fsp3) is 0.250. The van der Waals surface area contributed by atoms with E-state index in [0.29, 0.717) is 22.8 Å². The highest BCUT2D eigenvalue weighted by atomic mass is 79.9. The van der Waals surface area contributed by atoms with Crippen LogP contribution in [0.5, 0.6) is 0 Å². The van der Waals surface area contributed by atoms with Gasteiger partial charge in [-0.2, -0.15) is 0 Å². The zero-order valence-corrected chi connectivity index (χ0v) is 25.9. The normalized spacial score (nSPS) is 14.2. The van der Waals surface area contributed by atoms with Crippen LogP contribution in [0.3, 0.4) is 0 Å². The van der Waals surface area contributed by atoms with Crippen LogP contribution in [0.25, 0.3) is 17.2 Å². The van der Waals surface area contributed by atoms with Crippen molar-refractivity contribution >= 4 is 33.6 Å². The minimum atomic E-state index is -0.755. The first-order valence-electron chi connectivity index (χ1n) is 14.5. The largest absolute Gasteiger partial charge is 0.328 e. The van der Waals surface area contributed by atoms with E-state index < -0.39 is 23.4 Å². The van der Waals surface area contributed by atoms with E-state index in [1.165, 1.54) is 24.3 Å². The van der Waals surface area contributed by atoms with Crippen molar-refractivity contribution in [3.05, 3.63) is 105 Å². The van der Waals surface area contributed by atoms with Crippen molar-refractivity contribution in [2.24, 2.45) is 0 Å². The number of rotatable bonds is 6. The van der Waals surface area contributed by atoms with Crippen LogP contribution in [0.4, 0.5) is 14.6 Å². The maximum absolute atomic E-state index is 15.7. The average Bonchev–Trinajstić information content (AvgIpc) is 3.62. The molecular weight excluding hydrogens is 646 g/mol. The van der Waals surface area contributed by atoms with Gasteiger partial charge < -0.3 is 19.4 Å². The Labute approximate surface area is 265 Å². The molecule has 3 aromatic heterocycles. The van der Waals surface area contributed by atoms with E-state index in [-0.39, 0.29) is 46.5 Å².